The quantitative estimate of drug-likeness (QED) is 0.929. The van der Waals surface area contributed by atoms with Gasteiger partial charge in [-0.2, -0.15) is 0 Å². The zero-order valence-electron chi connectivity index (χ0n) is 11.2. The van der Waals surface area contributed by atoms with Crippen molar-refractivity contribution in [3.8, 4) is 0 Å². The monoisotopic (exact) mass is 276 g/mol. The van der Waals surface area contributed by atoms with Crippen LogP contribution in [0.2, 0.25) is 0 Å². The Morgan fingerprint density at radius 3 is 2.74 bits per heavy atom. The summed E-state index contributed by atoms with van der Waals surface area (Å²) in [5.41, 5.74) is 4.10. The highest BCUT2D eigenvalue weighted by atomic mass is 32.1. The number of nitrogens with one attached hydrogen (secondary N) is 1. The third-order valence-corrected chi connectivity index (χ3v) is 3.76. The topological polar surface area (TPSA) is 58.1 Å². The number of thiazole rings is 1. The Labute approximate surface area is 116 Å². The first-order valence-electron chi connectivity index (χ1n) is 5.90. The lowest BCUT2D eigenvalue weighted by Crippen LogP contribution is -2.26. The average molecular weight is 276 g/mol. The van der Waals surface area contributed by atoms with Gasteiger partial charge in [0, 0.05) is 19.0 Å². The second kappa shape index (κ2) is 5.79. The summed E-state index contributed by atoms with van der Waals surface area (Å²) in [6.07, 6.45) is 1.65. The molecule has 2 heterocycles. The van der Waals surface area contributed by atoms with Crippen LogP contribution < -0.4 is 5.32 Å². The van der Waals surface area contributed by atoms with Crippen LogP contribution in [0.1, 0.15) is 21.1 Å². The van der Waals surface area contributed by atoms with Gasteiger partial charge in [0.1, 0.15) is 5.69 Å². The molecule has 2 aromatic heterocycles. The maximum absolute atomic E-state index is 12.2. The molecule has 0 aliphatic rings. The van der Waals surface area contributed by atoms with Gasteiger partial charge in [0.25, 0.3) is 5.91 Å². The summed E-state index contributed by atoms with van der Waals surface area (Å²) >= 11 is 1.56. The minimum absolute atomic E-state index is 0.0875. The van der Waals surface area contributed by atoms with Crippen LogP contribution >= 0.6 is 11.3 Å². The van der Waals surface area contributed by atoms with Crippen LogP contribution in [-0.4, -0.2) is 34.9 Å². The Kier molecular flexibility index (Phi) is 4.11. The number of pyridine rings is 1. The van der Waals surface area contributed by atoms with Crippen molar-refractivity contribution in [1.82, 2.24) is 14.9 Å². The molecule has 0 spiro atoms. The number of carbonyl (C=O) groups is 1. The molecule has 0 saturated carbocycles. The molecule has 2 rings (SSSR count). The highest BCUT2D eigenvalue weighted by molar-refractivity contribution is 7.09. The SMILES string of the molecule is CNc1ccc(C(=O)N(C)Cc2scnc2C)nc1. The Hall–Kier alpha value is -1.95. The third-order valence-electron chi connectivity index (χ3n) is 2.84. The zero-order valence-corrected chi connectivity index (χ0v) is 12.0. The van der Waals surface area contributed by atoms with E-state index >= 15 is 0 Å². The molecule has 0 aliphatic carbocycles. The molecule has 0 unspecified atom stereocenters. The van der Waals surface area contributed by atoms with Crippen molar-refractivity contribution in [1.29, 1.82) is 0 Å². The molecule has 0 saturated heterocycles. The van der Waals surface area contributed by atoms with Crippen LogP contribution in [0.5, 0.6) is 0 Å². The summed E-state index contributed by atoms with van der Waals surface area (Å²) in [7, 11) is 3.59. The van der Waals surface area contributed by atoms with Gasteiger partial charge < -0.3 is 10.2 Å². The third kappa shape index (κ3) is 3.08. The van der Waals surface area contributed by atoms with Gasteiger partial charge in [-0.25, -0.2) is 9.97 Å². The lowest BCUT2D eigenvalue weighted by Gasteiger charge is -2.16. The van der Waals surface area contributed by atoms with E-state index in [0.717, 1.165) is 16.3 Å². The Morgan fingerprint density at radius 2 is 2.21 bits per heavy atom. The van der Waals surface area contributed by atoms with E-state index in [9.17, 15) is 4.79 Å². The van der Waals surface area contributed by atoms with Crippen molar-refractivity contribution in [2.75, 3.05) is 19.4 Å². The number of amides is 1. The van der Waals surface area contributed by atoms with Crippen LogP contribution in [0.25, 0.3) is 0 Å². The zero-order chi connectivity index (χ0) is 13.8. The average Bonchev–Trinajstić information content (AvgIpc) is 2.83. The molecular formula is C13H16N4OS. The minimum atomic E-state index is -0.0875. The number of aryl methyl sites for hydroxylation is 1. The Morgan fingerprint density at radius 1 is 1.42 bits per heavy atom. The van der Waals surface area contributed by atoms with Crippen LogP contribution in [-0.2, 0) is 6.54 Å². The van der Waals surface area contributed by atoms with Crippen molar-refractivity contribution < 1.29 is 4.79 Å². The molecule has 19 heavy (non-hydrogen) atoms. The van der Waals surface area contributed by atoms with Gasteiger partial charge in [-0.15, -0.1) is 11.3 Å². The molecule has 6 heteroatoms. The van der Waals surface area contributed by atoms with Gasteiger partial charge in [0.05, 0.1) is 29.6 Å². The standard InChI is InChI=1S/C13H16N4OS/c1-9-12(19-8-16-9)7-17(3)13(18)11-5-4-10(14-2)6-15-11/h4-6,8,14H,7H2,1-3H3. The van der Waals surface area contributed by atoms with E-state index in [1.54, 1.807) is 41.1 Å². The van der Waals surface area contributed by atoms with E-state index < -0.39 is 0 Å². The first kappa shape index (κ1) is 13.5. The van der Waals surface area contributed by atoms with E-state index in [2.05, 4.69) is 15.3 Å². The first-order chi connectivity index (χ1) is 9.11. The van der Waals surface area contributed by atoms with Crippen molar-refractivity contribution in [2.45, 2.75) is 13.5 Å². The number of nitrogens with zero attached hydrogens (tertiary/aromatic N) is 3. The summed E-state index contributed by atoms with van der Waals surface area (Å²) in [6, 6.07) is 3.57. The van der Waals surface area contributed by atoms with E-state index in [4.69, 9.17) is 0 Å². The molecular weight excluding hydrogens is 260 g/mol. The lowest BCUT2D eigenvalue weighted by atomic mass is 10.3. The fourth-order valence-electron chi connectivity index (χ4n) is 1.63. The van der Waals surface area contributed by atoms with E-state index in [1.165, 1.54) is 0 Å². The van der Waals surface area contributed by atoms with Gasteiger partial charge in [-0.3, -0.25) is 4.79 Å². The fourth-order valence-corrected chi connectivity index (χ4v) is 2.46. The highest BCUT2D eigenvalue weighted by Gasteiger charge is 2.15. The van der Waals surface area contributed by atoms with E-state index in [1.807, 2.05) is 20.0 Å². The molecule has 1 amide bonds. The van der Waals surface area contributed by atoms with Crippen LogP contribution in [0.15, 0.2) is 23.8 Å². The normalized spacial score (nSPS) is 10.3. The van der Waals surface area contributed by atoms with Gasteiger partial charge in [0.15, 0.2) is 0 Å². The number of hydrogen-bond donors (Lipinski definition) is 1. The summed E-state index contributed by atoms with van der Waals surface area (Å²) in [5.74, 6) is -0.0875. The van der Waals surface area contributed by atoms with Crippen molar-refractivity contribution in [3.63, 3.8) is 0 Å². The molecule has 2 aromatic rings. The van der Waals surface area contributed by atoms with Crippen LogP contribution in [0.4, 0.5) is 5.69 Å². The van der Waals surface area contributed by atoms with Gasteiger partial charge >= 0.3 is 0 Å². The number of aromatic nitrogens is 2. The molecule has 0 atom stereocenters. The second-order valence-corrected chi connectivity index (χ2v) is 5.14. The van der Waals surface area contributed by atoms with Crippen molar-refractivity contribution >= 4 is 22.9 Å². The molecule has 1 N–H and O–H groups in total. The maximum Gasteiger partial charge on any atom is 0.272 e. The van der Waals surface area contributed by atoms with Crippen molar-refractivity contribution in [3.05, 3.63) is 40.1 Å². The van der Waals surface area contributed by atoms with Gasteiger partial charge in [-0.1, -0.05) is 0 Å². The summed E-state index contributed by atoms with van der Waals surface area (Å²) in [4.78, 5) is 23.3. The summed E-state index contributed by atoms with van der Waals surface area (Å²) in [6.45, 7) is 2.51. The first-order valence-corrected chi connectivity index (χ1v) is 6.78. The predicted octanol–water partition coefficient (Wildman–Crippen LogP) is 2.16. The molecule has 5 nitrogen and oxygen atoms in total. The van der Waals surface area contributed by atoms with E-state index in [-0.39, 0.29) is 5.91 Å². The maximum atomic E-state index is 12.2. The highest BCUT2D eigenvalue weighted by Crippen LogP contribution is 2.15. The van der Waals surface area contributed by atoms with Crippen LogP contribution in [0.3, 0.4) is 0 Å². The van der Waals surface area contributed by atoms with Gasteiger partial charge in [0.2, 0.25) is 0 Å². The van der Waals surface area contributed by atoms with Gasteiger partial charge in [-0.05, 0) is 19.1 Å². The molecule has 0 fully saturated rings. The summed E-state index contributed by atoms with van der Waals surface area (Å²) in [5, 5.41) is 2.97. The number of rotatable bonds is 4. The number of anilines is 1. The molecule has 0 aliphatic heterocycles. The Balaban J connectivity index is 2.08. The number of carbonyl (C=O) groups excluding carboxylic acids is 1. The lowest BCUT2D eigenvalue weighted by molar-refractivity contribution is 0.0780. The summed E-state index contributed by atoms with van der Waals surface area (Å²) < 4.78 is 0. The smallest absolute Gasteiger partial charge is 0.272 e. The second-order valence-electron chi connectivity index (χ2n) is 4.20. The van der Waals surface area contributed by atoms with Crippen LogP contribution in [0, 0.1) is 6.92 Å². The van der Waals surface area contributed by atoms with E-state index in [0.29, 0.717) is 12.2 Å². The van der Waals surface area contributed by atoms with Crippen molar-refractivity contribution in [2.24, 2.45) is 0 Å². The molecule has 0 aromatic carbocycles. The number of hydrogen-bond acceptors (Lipinski definition) is 5. The Bertz CT molecular complexity index is 564. The molecule has 0 radical (unpaired) electrons. The fraction of sp³-hybridized carbons (Fsp3) is 0.308. The molecule has 0 bridgehead atoms. The minimum Gasteiger partial charge on any atom is -0.387 e. The molecule has 100 valence electrons. The largest absolute Gasteiger partial charge is 0.387 e. The predicted molar refractivity (Wildman–Crippen MR) is 76.4 cm³/mol.